The van der Waals surface area contributed by atoms with E-state index in [1.807, 2.05) is 30.3 Å². The van der Waals surface area contributed by atoms with Crippen LogP contribution in [0.2, 0.25) is 0 Å². The normalized spacial score (nSPS) is 20.3. The molecule has 1 aliphatic heterocycles. The fourth-order valence-corrected chi connectivity index (χ4v) is 3.34. The van der Waals surface area contributed by atoms with Gasteiger partial charge in [-0.15, -0.1) is 0 Å². The minimum atomic E-state index is -0.361. The third-order valence-corrected chi connectivity index (χ3v) is 4.73. The van der Waals surface area contributed by atoms with E-state index in [2.05, 4.69) is 0 Å². The van der Waals surface area contributed by atoms with Gasteiger partial charge in [-0.3, -0.25) is 0 Å². The quantitative estimate of drug-likeness (QED) is 0.923. The number of hydrogen-bond acceptors (Lipinski definition) is 3. The second-order valence-corrected chi connectivity index (χ2v) is 6.38. The van der Waals surface area contributed by atoms with E-state index in [-0.39, 0.29) is 37.0 Å². The number of carbonyl (C=O) groups is 1. The number of likely N-dealkylation sites (tertiary alicyclic amines) is 1. The van der Waals surface area contributed by atoms with Crippen molar-refractivity contribution in [3.8, 4) is 0 Å². The molecule has 1 fully saturated rings. The van der Waals surface area contributed by atoms with Crippen LogP contribution >= 0.6 is 0 Å². The van der Waals surface area contributed by atoms with Crippen LogP contribution in [-0.2, 0) is 11.3 Å². The Morgan fingerprint density at radius 1 is 1.16 bits per heavy atom. The number of nitrogens with zero attached hydrogens (tertiary/aromatic N) is 1. The van der Waals surface area contributed by atoms with E-state index in [1.165, 1.54) is 12.1 Å². The molecule has 3 rings (SSSR count). The topological polar surface area (TPSA) is 49.8 Å². The van der Waals surface area contributed by atoms with Crippen molar-refractivity contribution in [2.24, 2.45) is 5.92 Å². The number of aliphatic hydroxyl groups excluding tert-OH is 1. The zero-order valence-corrected chi connectivity index (χ0v) is 14.0. The Morgan fingerprint density at radius 3 is 2.56 bits per heavy atom. The van der Waals surface area contributed by atoms with Crippen molar-refractivity contribution < 1.29 is 19.0 Å². The first-order valence-electron chi connectivity index (χ1n) is 8.49. The smallest absolute Gasteiger partial charge is 0.410 e. The minimum Gasteiger partial charge on any atom is -0.445 e. The summed E-state index contributed by atoms with van der Waals surface area (Å²) in [6.07, 6.45) is 0.358. The number of halogens is 1. The Balaban J connectivity index is 1.59. The fourth-order valence-electron chi connectivity index (χ4n) is 3.34. The van der Waals surface area contributed by atoms with Crippen molar-refractivity contribution in [2.45, 2.75) is 18.9 Å². The molecule has 0 bridgehead atoms. The lowest BCUT2D eigenvalue weighted by Crippen LogP contribution is -2.44. The van der Waals surface area contributed by atoms with Crippen molar-refractivity contribution >= 4 is 6.09 Å². The van der Waals surface area contributed by atoms with Crippen molar-refractivity contribution in [1.29, 1.82) is 0 Å². The number of aliphatic hydroxyl groups is 1. The van der Waals surface area contributed by atoms with Gasteiger partial charge in [-0.25, -0.2) is 9.18 Å². The number of rotatable bonds is 4. The minimum absolute atomic E-state index is 0.0233. The second kappa shape index (κ2) is 8.12. The molecule has 2 atom stereocenters. The number of benzene rings is 2. The van der Waals surface area contributed by atoms with Gasteiger partial charge >= 0.3 is 6.09 Å². The summed E-state index contributed by atoms with van der Waals surface area (Å²) in [5.74, 6) is -0.238. The maximum atomic E-state index is 13.1. The molecule has 2 aromatic rings. The van der Waals surface area contributed by atoms with E-state index < -0.39 is 0 Å². The molecule has 4 nitrogen and oxygen atoms in total. The molecule has 1 saturated heterocycles. The Morgan fingerprint density at radius 2 is 1.88 bits per heavy atom. The molecule has 0 spiro atoms. The van der Waals surface area contributed by atoms with Gasteiger partial charge in [0.05, 0.1) is 0 Å². The van der Waals surface area contributed by atoms with Gasteiger partial charge in [-0.2, -0.15) is 0 Å². The number of piperidine rings is 1. The second-order valence-electron chi connectivity index (χ2n) is 6.38. The lowest BCUT2D eigenvalue weighted by Gasteiger charge is -2.37. The highest BCUT2D eigenvalue weighted by Crippen LogP contribution is 2.33. The molecule has 1 aliphatic rings. The molecule has 0 aliphatic carbocycles. The van der Waals surface area contributed by atoms with E-state index in [0.29, 0.717) is 13.1 Å². The van der Waals surface area contributed by atoms with Gasteiger partial charge in [-0.05, 0) is 35.6 Å². The molecule has 0 aromatic heterocycles. The summed E-state index contributed by atoms with van der Waals surface area (Å²) in [5, 5.41) is 9.73. The molecule has 25 heavy (non-hydrogen) atoms. The first-order valence-corrected chi connectivity index (χ1v) is 8.49. The lowest BCUT2D eigenvalue weighted by atomic mass is 9.81. The molecule has 0 saturated carbocycles. The van der Waals surface area contributed by atoms with Gasteiger partial charge in [0.25, 0.3) is 0 Å². The van der Waals surface area contributed by atoms with Crippen LogP contribution in [0.3, 0.4) is 0 Å². The summed E-state index contributed by atoms with van der Waals surface area (Å²) in [6, 6.07) is 15.9. The summed E-state index contributed by atoms with van der Waals surface area (Å²) in [6.45, 7) is 1.21. The van der Waals surface area contributed by atoms with Crippen LogP contribution in [-0.4, -0.2) is 35.8 Å². The summed E-state index contributed by atoms with van der Waals surface area (Å²) >= 11 is 0. The van der Waals surface area contributed by atoms with Gasteiger partial charge in [-0.1, -0.05) is 42.5 Å². The molecule has 1 amide bonds. The number of amides is 1. The van der Waals surface area contributed by atoms with Gasteiger partial charge in [0.2, 0.25) is 0 Å². The third kappa shape index (κ3) is 4.37. The Kier molecular flexibility index (Phi) is 5.66. The Bertz CT molecular complexity index is 690. The standard InChI is InChI=1S/C20H22FNO3/c21-18-8-6-16(7-9-18)19-10-11-22(12-17(19)13-23)20(24)25-14-15-4-2-1-3-5-15/h1-9,17,19,23H,10-14H2/t17-,19+/m0/s1. The Labute approximate surface area is 146 Å². The van der Waals surface area contributed by atoms with Crippen molar-refractivity contribution in [2.75, 3.05) is 19.7 Å². The van der Waals surface area contributed by atoms with Crippen LogP contribution in [0.4, 0.5) is 9.18 Å². The van der Waals surface area contributed by atoms with Gasteiger partial charge in [0, 0.05) is 25.6 Å². The van der Waals surface area contributed by atoms with E-state index in [1.54, 1.807) is 17.0 Å². The molecule has 1 N–H and O–H groups in total. The van der Waals surface area contributed by atoms with Crippen LogP contribution in [0.1, 0.15) is 23.5 Å². The largest absolute Gasteiger partial charge is 0.445 e. The summed E-state index contributed by atoms with van der Waals surface area (Å²) in [5.41, 5.74) is 1.94. The molecule has 5 heteroatoms. The molecule has 132 valence electrons. The third-order valence-electron chi connectivity index (χ3n) is 4.73. The fraction of sp³-hybridized carbons (Fsp3) is 0.350. The molecule has 2 aromatic carbocycles. The Hall–Kier alpha value is -2.40. The van der Waals surface area contributed by atoms with E-state index in [9.17, 15) is 14.3 Å². The molecule has 0 unspecified atom stereocenters. The van der Waals surface area contributed by atoms with Crippen molar-refractivity contribution in [3.05, 3.63) is 71.5 Å². The molecular weight excluding hydrogens is 321 g/mol. The maximum absolute atomic E-state index is 13.1. The average Bonchev–Trinajstić information content (AvgIpc) is 2.67. The van der Waals surface area contributed by atoms with Crippen LogP contribution in [0, 0.1) is 11.7 Å². The van der Waals surface area contributed by atoms with Gasteiger partial charge < -0.3 is 14.7 Å². The first-order chi connectivity index (χ1) is 12.2. The first kappa shape index (κ1) is 17.4. The molecular formula is C20H22FNO3. The number of hydrogen-bond donors (Lipinski definition) is 1. The van der Waals surface area contributed by atoms with E-state index in [4.69, 9.17) is 4.74 Å². The highest BCUT2D eigenvalue weighted by molar-refractivity contribution is 5.67. The lowest BCUT2D eigenvalue weighted by molar-refractivity contribution is 0.0613. The highest BCUT2D eigenvalue weighted by atomic mass is 19.1. The summed E-state index contributed by atoms with van der Waals surface area (Å²) in [7, 11) is 0. The van der Waals surface area contributed by atoms with Crippen LogP contribution in [0.15, 0.2) is 54.6 Å². The SMILES string of the molecule is O=C(OCc1ccccc1)N1CC[C@H](c2ccc(F)cc2)[C@H](CO)C1. The summed E-state index contributed by atoms with van der Waals surface area (Å²) in [4.78, 5) is 13.9. The maximum Gasteiger partial charge on any atom is 0.410 e. The number of carbonyl (C=O) groups excluding carboxylic acids is 1. The zero-order valence-electron chi connectivity index (χ0n) is 14.0. The highest BCUT2D eigenvalue weighted by Gasteiger charge is 2.32. The van der Waals surface area contributed by atoms with Gasteiger partial charge in [0.15, 0.2) is 0 Å². The van der Waals surface area contributed by atoms with Crippen LogP contribution in [0.5, 0.6) is 0 Å². The number of ether oxygens (including phenoxy) is 1. The molecule has 1 heterocycles. The predicted molar refractivity (Wildman–Crippen MR) is 92.5 cm³/mol. The van der Waals surface area contributed by atoms with Crippen molar-refractivity contribution in [1.82, 2.24) is 4.90 Å². The van der Waals surface area contributed by atoms with Crippen LogP contribution < -0.4 is 0 Å². The monoisotopic (exact) mass is 343 g/mol. The van der Waals surface area contributed by atoms with E-state index >= 15 is 0 Å². The average molecular weight is 343 g/mol. The predicted octanol–water partition coefficient (Wildman–Crippen LogP) is 3.56. The summed E-state index contributed by atoms with van der Waals surface area (Å²) < 4.78 is 18.5. The van der Waals surface area contributed by atoms with Crippen LogP contribution in [0.25, 0.3) is 0 Å². The zero-order chi connectivity index (χ0) is 17.6. The van der Waals surface area contributed by atoms with Gasteiger partial charge in [0.1, 0.15) is 12.4 Å². The van der Waals surface area contributed by atoms with Crippen molar-refractivity contribution in [3.63, 3.8) is 0 Å². The van der Waals surface area contributed by atoms with E-state index in [0.717, 1.165) is 17.5 Å². The molecule has 0 radical (unpaired) electrons.